The minimum atomic E-state index is -0.214. The molecule has 0 radical (unpaired) electrons. The Labute approximate surface area is 123 Å². The number of hydrogen-bond donors (Lipinski definition) is 1. The van der Waals surface area contributed by atoms with Gasteiger partial charge in [-0.2, -0.15) is 0 Å². The van der Waals surface area contributed by atoms with Crippen LogP contribution in [0.3, 0.4) is 0 Å². The lowest BCUT2D eigenvalue weighted by Gasteiger charge is -2.09. The summed E-state index contributed by atoms with van der Waals surface area (Å²) >= 11 is 1.66. The number of halogens is 1. The summed E-state index contributed by atoms with van der Waals surface area (Å²) in [5.74, 6) is -0.214. The van der Waals surface area contributed by atoms with Crippen molar-refractivity contribution in [2.24, 2.45) is 0 Å². The van der Waals surface area contributed by atoms with Gasteiger partial charge in [0.25, 0.3) is 0 Å². The van der Waals surface area contributed by atoms with Crippen LogP contribution in [-0.2, 0) is 6.42 Å². The molecule has 0 saturated heterocycles. The normalized spacial score (nSPS) is 11.2. The first-order chi connectivity index (χ1) is 9.65. The van der Waals surface area contributed by atoms with Gasteiger partial charge >= 0.3 is 0 Å². The summed E-state index contributed by atoms with van der Waals surface area (Å²) in [5, 5.41) is 6.54. The summed E-state index contributed by atoms with van der Waals surface area (Å²) in [6, 6.07) is 6.47. The van der Waals surface area contributed by atoms with Gasteiger partial charge in [-0.25, -0.2) is 9.37 Å². The van der Waals surface area contributed by atoms with E-state index in [0.29, 0.717) is 0 Å². The number of thiazole rings is 1. The maximum Gasteiger partial charge on any atom is 0.123 e. The molecule has 0 aliphatic heterocycles. The van der Waals surface area contributed by atoms with Crippen molar-refractivity contribution < 1.29 is 4.39 Å². The van der Waals surface area contributed by atoms with E-state index < -0.39 is 0 Å². The van der Waals surface area contributed by atoms with Gasteiger partial charge in [-0.3, -0.25) is 0 Å². The first kappa shape index (κ1) is 15.1. The second-order valence-electron chi connectivity index (χ2n) is 4.94. The standard InChI is InChI=1S/C15H20FN3S/c1-19(2)10-9-17-8-7-15-18-14(11-20-15)12-3-5-13(16)6-4-12/h3-6,11,17H,7-10H2,1-2H3. The average molecular weight is 293 g/mol. The topological polar surface area (TPSA) is 28.2 Å². The average Bonchev–Trinajstić information content (AvgIpc) is 2.87. The molecule has 108 valence electrons. The van der Waals surface area contributed by atoms with Crippen LogP contribution < -0.4 is 5.32 Å². The Morgan fingerprint density at radius 1 is 1.20 bits per heavy atom. The Bertz CT molecular complexity index is 522. The molecule has 1 heterocycles. The first-order valence-electron chi connectivity index (χ1n) is 6.71. The molecule has 0 saturated carbocycles. The smallest absolute Gasteiger partial charge is 0.123 e. The Kier molecular flexibility index (Phi) is 5.64. The van der Waals surface area contributed by atoms with Gasteiger partial charge in [-0.15, -0.1) is 11.3 Å². The van der Waals surface area contributed by atoms with E-state index >= 15 is 0 Å². The summed E-state index contributed by atoms with van der Waals surface area (Å²) in [4.78, 5) is 6.74. The van der Waals surface area contributed by atoms with Crippen LogP contribution in [0.2, 0.25) is 0 Å². The Morgan fingerprint density at radius 2 is 1.95 bits per heavy atom. The number of hydrogen-bond acceptors (Lipinski definition) is 4. The highest BCUT2D eigenvalue weighted by atomic mass is 32.1. The fourth-order valence-corrected chi connectivity index (χ4v) is 2.61. The van der Waals surface area contributed by atoms with Crippen LogP contribution in [-0.4, -0.2) is 43.6 Å². The molecule has 0 aliphatic carbocycles. The molecule has 0 bridgehead atoms. The molecule has 1 aromatic heterocycles. The van der Waals surface area contributed by atoms with Gasteiger partial charge in [0, 0.05) is 37.0 Å². The molecule has 1 aromatic carbocycles. The van der Waals surface area contributed by atoms with E-state index in [2.05, 4.69) is 29.3 Å². The molecule has 2 aromatic rings. The van der Waals surface area contributed by atoms with Gasteiger partial charge in [0.15, 0.2) is 0 Å². The molecular formula is C15H20FN3S. The number of nitrogens with one attached hydrogen (secondary N) is 1. The zero-order valence-corrected chi connectivity index (χ0v) is 12.7. The molecule has 5 heteroatoms. The fraction of sp³-hybridized carbons (Fsp3) is 0.400. The largest absolute Gasteiger partial charge is 0.315 e. The van der Waals surface area contributed by atoms with Crippen molar-refractivity contribution in [2.45, 2.75) is 6.42 Å². The Balaban J connectivity index is 1.82. The molecule has 3 nitrogen and oxygen atoms in total. The van der Waals surface area contributed by atoms with Crippen LogP contribution in [0.1, 0.15) is 5.01 Å². The van der Waals surface area contributed by atoms with E-state index in [4.69, 9.17) is 0 Å². The third-order valence-electron chi connectivity index (χ3n) is 2.94. The quantitative estimate of drug-likeness (QED) is 0.796. The summed E-state index contributed by atoms with van der Waals surface area (Å²) in [6.07, 6.45) is 0.930. The maximum absolute atomic E-state index is 12.9. The first-order valence-corrected chi connectivity index (χ1v) is 7.59. The van der Waals surface area contributed by atoms with Gasteiger partial charge in [0.05, 0.1) is 10.7 Å². The predicted molar refractivity (Wildman–Crippen MR) is 82.6 cm³/mol. The van der Waals surface area contributed by atoms with Gasteiger partial charge in [-0.05, 0) is 38.4 Å². The number of likely N-dealkylation sites (N-methyl/N-ethyl adjacent to an activating group) is 1. The van der Waals surface area contributed by atoms with Gasteiger partial charge < -0.3 is 10.2 Å². The second-order valence-corrected chi connectivity index (χ2v) is 5.88. The highest BCUT2D eigenvalue weighted by molar-refractivity contribution is 7.09. The molecule has 1 N–H and O–H groups in total. The lowest BCUT2D eigenvalue weighted by atomic mass is 10.2. The summed E-state index contributed by atoms with van der Waals surface area (Å²) in [5.41, 5.74) is 1.90. The van der Waals surface area contributed by atoms with Crippen LogP contribution in [0.15, 0.2) is 29.6 Å². The predicted octanol–water partition coefficient (Wildman–Crippen LogP) is 2.64. The molecule has 0 amide bonds. The second kappa shape index (κ2) is 7.47. The van der Waals surface area contributed by atoms with Crippen molar-refractivity contribution in [1.29, 1.82) is 0 Å². The van der Waals surface area contributed by atoms with E-state index in [1.54, 1.807) is 23.5 Å². The van der Waals surface area contributed by atoms with Crippen molar-refractivity contribution in [2.75, 3.05) is 33.7 Å². The minimum Gasteiger partial charge on any atom is -0.315 e. The van der Waals surface area contributed by atoms with Crippen molar-refractivity contribution in [3.05, 3.63) is 40.5 Å². The van der Waals surface area contributed by atoms with Crippen LogP contribution in [0.25, 0.3) is 11.3 Å². The third kappa shape index (κ3) is 4.67. The van der Waals surface area contributed by atoms with E-state index in [1.807, 2.05) is 5.38 Å². The van der Waals surface area contributed by atoms with E-state index in [1.165, 1.54) is 12.1 Å². The van der Waals surface area contributed by atoms with E-state index in [0.717, 1.165) is 42.3 Å². The highest BCUT2D eigenvalue weighted by Gasteiger charge is 2.04. The molecule has 0 atom stereocenters. The molecular weight excluding hydrogens is 273 g/mol. The van der Waals surface area contributed by atoms with E-state index in [-0.39, 0.29) is 5.82 Å². The Hall–Kier alpha value is -1.30. The van der Waals surface area contributed by atoms with Crippen molar-refractivity contribution in [1.82, 2.24) is 15.2 Å². The van der Waals surface area contributed by atoms with Gasteiger partial charge in [0.2, 0.25) is 0 Å². The van der Waals surface area contributed by atoms with E-state index in [9.17, 15) is 4.39 Å². The summed E-state index contributed by atoms with van der Waals surface area (Å²) < 4.78 is 12.9. The highest BCUT2D eigenvalue weighted by Crippen LogP contribution is 2.22. The van der Waals surface area contributed by atoms with Crippen LogP contribution >= 0.6 is 11.3 Å². The lowest BCUT2D eigenvalue weighted by molar-refractivity contribution is 0.401. The molecule has 0 unspecified atom stereocenters. The fourth-order valence-electron chi connectivity index (χ4n) is 1.80. The number of rotatable bonds is 7. The summed E-state index contributed by atoms with van der Waals surface area (Å²) in [6.45, 7) is 2.96. The molecule has 20 heavy (non-hydrogen) atoms. The van der Waals surface area contributed by atoms with Crippen molar-refractivity contribution in [3.63, 3.8) is 0 Å². The van der Waals surface area contributed by atoms with Crippen LogP contribution in [0.4, 0.5) is 4.39 Å². The third-order valence-corrected chi connectivity index (χ3v) is 3.85. The maximum atomic E-state index is 12.9. The monoisotopic (exact) mass is 293 g/mol. The zero-order valence-electron chi connectivity index (χ0n) is 11.9. The van der Waals surface area contributed by atoms with Gasteiger partial charge in [-0.1, -0.05) is 0 Å². The van der Waals surface area contributed by atoms with Gasteiger partial charge in [0.1, 0.15) is 5.82 Å². The van der Waals surface area contributed by atoms with Crippen molar-refractivity contribution >= 4 is 11.3 Å². The number of aromatic nitrogens is 1. The molecule has 0 fully saturated rings. The zero-order chi connectivity index (χ0) is 14.4. The van der Waals surface area contributed by atoms with Crippen molar-refractivity contribution in [3.8, 4) is 11.3 Å². The number of benzene rings is 1. The molecule has 2 rings (SSSR count). The molecule has 0 spiro atoms. The van der Waals surface area contributed by atoms with Crippen LogP contribution in [0, 0.1) is 5.82 Å². The lowest BCUT2D eigenvalue weighted by Crippen LogP contribution is -2.27. The molecule has 0 aliphatic rings. The van der Waals surface area contributed by atoms with Crippen LogP contribution in [0.5, 0.6) is 0 Å². The summed E-state index contributed by atoms with van der Waals surface area (Å²) in [7, 11) is 4.13. The SMILES string of the molecule is CN(C)CCNCCc1nc(-c2ccc(F)cc2)cs1. The number of nitrogens with zero attached hydrogens (tertiary/aromatic N) is 2. The minimum absolute atomic E-state index is 0.214. The Morgan fingerprint density at radius 3 is 2.65 bits per heavy atom.